The van der Waals surface area contributed by atoms with E-state index in [0.29, 0.717) is 16.3 Å². The maximum Gasteiger partial charge on any atom is 0.125 e. The maximum absolute atomic E-state index is 9.72. The number of hydrogen-bond acceptors (Lipinski definition) is 3. The first-order valence-corrected chi connectivity index (χ1v) is 6.28. The summed E-state index contributed by atoms with van der Waals surface area (Å²) < 4.78 is 5.77. The van der Waals surface area contributed by atoms with E-state index in [9.17, 15) is 10.2 Å². The normalized spacial score (nSPS) is 25.9. The Morgan fingerprint density at radius 3 is 2.76 bits per heavy atom. The van der Waals surface area contributed by atoms with Crippen LogP contribution in [0.2, 0.25) is 5.02 Å². The van der Waals surface area contributed by atoms with Crippen molar-refractivity contribution in [2.75, 3.05) is 0 Å². The van der Waals surface area contributed by atoms with Gasteiger partial charge < -0.3 is 14.9 Å². The van der Waals surface area contributed by atoms with E-state index in [0.717, 1.165) is 19.3 Å². The van der Waals surface area contributed by atoms with Gasteiger partial charge in [-0.2, -0.15) is 0 Å². The molecule has 1 saturated carbocycles. The van der Waals surface area contributed by atoms with Crippen molar-refractivity contribution in [1.29, 1.82) is 0 Å². The third kappa shape index (κ3) is 2.92. The molecule has 0 heterocycles. The Kier molecular flexibility index (Phi) is 3.92. The summed E-state index contributed by atoms with van der Waals surface area (Å²) in [7, 11) is 0. The number of aliphatic hydroxyl groups is 2. The second-order valence-electron chi connectivity index (χ2n) is 4.51. The smallest absolute Gasteiger partial charge is 0.125 e. The summed E-state index contributed by atoms with van der Waals surface area (Å²) in [5, 5.41) is 20.0. The number of aliphatic hydroxyl groups excluding tert-OH is 2. The van der Waals surface area contributed by atoms with Crippen LogP contribution >= 0.6 is 11.6 Å². The summed E-state index contributed by atoms with van der Waals surface area (Å²) >= 11 is 5.89. The van der Waals surface area contributed by atoms with Gasteiger partial charge in [0.05, 0.1) is 12.2 Å². The molecule has 3 unspecified atom stereocenters. The highest BCUT2D eigenvalue weighted by atomic mass is 35.5. The highest BCUT2D eigenvalue weighted by Crippen LogP contribution is 2.32. The lowest BCUT2D eigenvalue weighted by Gasteiger charge is -2.20. The molecule has 0 spiro atoms. The summed E-state index contributed by atoms with van der Waals surface area (Å²) in [6, 6.07) is 5.17. The van der Waals surface area contributed by atoms with Gasteiger partial charge in [0.15, 0.2) is 0 Å². The topological polar surface area (TPSA) is 49.7 Å². The van der Waals surface area contributed by atoms with E-state index < -0.39 is 12.2 Å². The molecule has 17 heavy (non-hydrogen) atoms. The van der Waals surface area contributed by atoms with Crippen molar-refractivity contribution in [3.05, 3.63) is 28.8 Å². The first-order chi connectivity index (χ1) is 8.08. The summed E-state index contributed by atoms with van der Waals surface area (Å²) in [6.45, 7) is 1.67. The van der Waals surface area contributed by atoms with Gasteiger partial charge in [0.1, 0.15) is 11.9 Å². The van der Waals surface area contributed by atoms with Crippen molar-refractivity contribution in [3.63, 3.8) is 0 Å². The van der Waals surface area contributed by atoms with Crippen molar-refractivity contribution in [2.24, 2.45) is 0 Å². The van der Waals surface area contributed by atoms with Gasteiger partial charge in [-0.3, -0.25) is 0 Å². The minimum Gasteiger partial charge on any atom is -0.487 e. The minimum atomic E-state index is -0.637. The zero-order chi connectivity index (χ0) is 12.4. The fourth-order valence-electron chi connectivity index (χ4n) is 2.16. The van der Waals surface area contributed by atoms with Crippen LogP contribution in [-0.2, 0) is 0 Å². The average Bonchev–Trinajstić information content (AvgIpc) is 2.67. The van der Waals surface area contributed by atoms with E-state index in [4.69, 9.17) is 16.3 Å². The van der Waals surface area contributed by atoms with Crippen LogP contribution in [0.15, 0.2) is 18.2 Å². The lowest BCUT2D eigenvalue weighted by molar-refractivity contribution is 0.0577. The predicted octanol–water partition coefficient (Wildman–Crippen LogP) is 2.69. The van der Waals surface area contributed by atoms with E-state index >= 15 is 0 Å². The van der Waals surface area contributed by atoms with Crippen LogP contribution in [0.1, 0.15) is 37.9 Å². The Hall–Kier alpha value is -0.770. The number of rotatable bonds is 3. The van der Waals surface area contributed by atoms with Crippen LogP contribution in [0.4, 0.5) is 0 Å². The SMILES string of the molecule is CC(O)c1cc(Cl)ccc1OC1CCCC1O. The molecule has 3 atom stereocenters. The van der Waals surface area contributed by atoms with Gasteiger partial charge in [0.2, 0.25) is 0 Å². The van der Waals surface area contributed by atoms with E-state index in [1.807, 2.05) is 0 Å². The van der Waals surface area contributed by atoms with Crippen molar-refractivity contribution in [2.45, 2.75) is 44.5 Å². The first kappa shape index (κ1) is 12.7. The van der Waals surface area contributed by atoms with Gasteiger partial charge in [-0.15, -0.1) is 0 Å². The molecule has 2 N–H and O–H groups in total. The summed E-state index contributed by atoms with van der Waals surface area (Å²) in [4.78, 5) is 0. The van der Waals surface area contributed by atoms with Gasteiger partial charge in [0, 0.05) is 10.6 Å². The molecule has 4 heteroatoms. The summed E-state index contributed by atoms with van der Waals surface area (Å²) in [5.74, 6) is 0.607. The van der Waals surface area contributed by atoms with Gasteiger partial charge in [0.25, 0.3) is 0 Å². The van der Waals surface area contributed by atoms with Gasteiger partial charge >= 0.3 is 0 Å². The van der Waals surface area contributed by atoms with Gasteiger partial charge in [-0.25, -0.2) is 0 Å². The largest absolute Gasteiger partial charge is 0.487 e. The Morgan fingerprint density at radius 1 is 1.41 bits per heavy atom. The zero-order valence-electron chi connectivity index (χ0n) is 9.77. The molecule has 0 saturated heterocycles. The third-order valence-electron chi connectivity index (χ3n) is 3.12. The Morgan fingerprint density at radius 2 is 2.18 bits per heavy atom. The maximum atomic E-state index is 9.72. The number of hydrogen-bond donors (Lipinski definition) is 2. The molecule has 1 aliphatic carbocycles. The average molecular weight is 257 g/mol. The number of ether oxygens (including phenoxy) is 1. The van der Waals surface area contributed by atoms with Crippen molar-refractivity contribution in [3.8, 4) is 5.75 Å². The molecule has 1 aromatic rings. The lowest BCUT2D eigenvalue weighted by atomic mass is 10.1. The molecular weight excluding hydrogens is 240 g/mol. The van der Waals surface area contributed by atoms with Crippen LogP contribution in [-0.4, -0.2) is 22.4 Å². The van der Waals surface area contributed by atoms with E-state index in [1.165, 1.54) is 0 Å². The molecule has 0 bridgehead atoms. The van der Waals surface area contributed by atoms with E-state index in [-0.39, 0.29) is 6.10 Å². The van der Waals surface area contributed by atoms with Crippen LogP contribution in [0.25, 0.3) is 0 Å². The Labute approximate surface area is 106 Å². The Balaban J connectivity index is 2.19. The van der Waals surface area contributed by atoms with Crippen molar-refractivity contribution in [1.82, 2.24) is 0 Å². The summed E-state index contributed by atoms with van der Waals surface area (Å²) in [6.07, 6.45) is 1.39. The third-order valence-corrected chi connectivity index (χ3v) is 3.35. The van der Waals surface area contributed by atoms with E-state index in [2.05, 4.69) is 0 Å². The number of benzene rings is 1. The second-order valence-corrected chi connectivity index (χ2v) is 4.95. The quantitative estimate of drug-likeness (QED) is 0.874. The fraction of sp³-hybridized carbons (Fsp3) is 0.538. The van der Waals surface area contributed by atoms with Gasteiger partial charge in [-0.05, 0) is 44.4 Å². The molecule has 1 fully saturated rings. The predicted molar refractivity (Wildman–Crippen MR) is 66.4 cm³/mol. The molecule has 94 valence electrons. The molecule has 2 rings (SSSR count). The highest BCUT2D eigenvalue weighted by molar-refractivity contribution is 6.30. The minimum absolute atomic E-state index is 0.173. The zero-order valence-corrected chi connectivity index (χ0v) is 10.5. The molecule has 3 nitrogen and oxygen atoms in total. The first-order valence-electron chi connectivity index (χ1n) is 5.90. The van der Waals surface area contributed by atoms with Crippen LogP contribution in [0, 0.1) is 0 Å². The van der Waals surface area contributed by atoms with Crippen LogP contribution < -0.4 is 4.74 Å². The molecule has 1 aromatic carbocycles. The van der Waals surface area contributed by atoms with Crippen molar-refractivity contribution >= 4 is 11.6 Å². The van der Waals surface area contributed by atoms with Crippen LogP contribution in [0.5, 0.6) is 5.75 Å². The van der Waals surface area contributed by atoms with Gasteiger partial charge in [-0.1, -0.05) is 11.6 Å². The molecule has 0 amide bonds. The van der Waals surface area contributed by atoms with Crippen molar-refractivity contribution < 1.29 is 14.9 Å². The molecule has 0 radical (unpaired) electrons. The monoisotopic (exact) mass is 256 g/mol. The molecular formula is C13H17ClO3. The fourth-order valence-corrected chi connectivity index (χ4v) is 2.34. The highest BCUT2D eigenvalue weighted by Gasteiger charge is 2.27. The van der Waals surface area contributed by atoms with E-state index in [1.54, 1.807) is 25.1 Å². The lowest BCUT2D eigenvalue weighted by Crippen LogP contribution is -2.26. The van der Waals surface area contributed by atoms with Crippen LogP contribution in [0.3, 0.4) is 0 Å². The standard InChI is InChI=1S/C13H17ClO3/c1-8(15)10-7-9(14)5-6-12(10)17-13-4-2-3-11(13)16/h5-8,11,13,15-16H,2-4H2,1H3. The number of halogens is 1. The molecule has 1 aliphatic rings. The second kappa shape index (κ2) is 5.25. The molecule has 0 aromatic heterocycles. The summed E-state index contributed by atoms with van der Waals surface area (Å²) in [5.41, 5.74) is 0.664. The Bertz CT molecular complexity index is 392. The molecule has 0 aliphatic heterocycles.